The Morgan fingerprint density at radius 1 is 1.12 bits per heavy atom. The maximum absolute atomic E-state index is 12.2. The van der Waals surface area contributed by atoms with Crippen LogP contribution in [0.25, 0.3) is 0 Å². The van der Waals surface area contributed by atoms with Gasteiger partial charge in [0.25, 0.3) is 0 Å². The van der Waals surface area contributed by atoms with E-state index in [4.69, 9.17) is 9.47 Å². The van der Waals surface area contributed by atoms with E-state index in [0.717, 1.165) is 5.56 Å². The third kappa shape index (κ3) is 8.88. The summed E-state index contributed by atoms with van der Waals surface area (Å²) in [6.07, 6.45) is 0.396. The molecule has 1 amide bonds. The lowest BCUT2D eigenvalue weighted by Gasteiger charge is -2.24. The van der Waals surface area contributed by atoms with E-state index in [1.165, 1.54) is 0 Å². The molecule has 0 saturated heterocycles. The molecule has 0 aromatic heterocycles. The second kappa shape index (κ2) is 9.81. The van der Waals surface area contributed by atoms with Gasteiger partial charge in [0.05, 0.1) is 0 Å². The molecule has 0 heterocycles. The van der Waals surface area contributed by atoms with Gasteiger partial charge >= 0.3 is 11.9 Å². The Kier molecular flexibility index (Phi) is 8.11. The quantitative estimate of drug-likeness (QED) is 0.730. The summed E-state index contributed by atoms with van der Waals surface area (Å²) < 4.78 is 10.5. The highest BCUT2D eigenvalue weighted by Gasteiger charge is 2.27. The van der Waals surface area contributed by atoms with Gasteiger partial charge in [0, 0.05) is 12.8 Å². The fourth-order valence-electron chi connectivity index (χ4n) is 1.99. The zero-order chi connectivity index (χ0) is 18.9. The number of carbonyl (C=O) groups excluding carboxylic acids is 3. The first-order valence-electron chi connectivity index (χ1n) is 8.43. The van der Waals surface area contributed by atoms with Crippen molar-refractivity contribution in [2.45, 2.75) is 65.2 Å². The van der Waals surface area contributed by atoms with Gasteiger partial charge in [-0.3, -0.25) is 9.59 Å². The van der Waals surface area contributed by atoms with Crippen LogP contribution in [-0.4, -0.2) is 29.5 Å². The molecule has 1 aromatic carbocycles. The summed E-state index contributed by atoms with van der Waals surface area (Å²) in [7, 11) is 0. The molecule has 0 spiro atoms. The van der Waals surface area contributed by atoms with Gasteiger partial charge in [0.2, 0.25) is 5.91 Å². The number of carbonyl (C=O) groups is 3. The first-order valence-corrected chi connectivity index (χ1v) is 8.43. The first kappa shape index (κ1) is 20.7. The zero-order valence-electron chi connectivity index (χ0n) is 15.3. The number of ether oxygens (including phenoxy) is 2. The normalized spacial score (nSPS) is 12.2. The predicted octanol–water partition coefficient (Wildman–Crippen LogP) is 2.75. The molecule has 1 unspecified atom stereocenters. The Labute approximate surface area is 148 Å². The molecule has 0 aliphatic heterocycles. The van der Waals surface area contributed by atoms with Crippen molar-refractivity contribution in [2.75, 3.05) is 0 Å². The number of amides is 1. The van der Waals surface area contributed by atoms with Crippen molar-refractivity contribution in [2.24, 2.45) is 0 Å². The monoisotopic (exact) mass is 349 g/mol. The van der Waals surface area contributed by atoms with Gasteiger partial charge < -0.3 is 14.8 Å². The van der Waals surface area contributed by atoms with Crippen LogP contribution in [0.3, 0.4) is 0 Å². The number of hydrogen-bond acceptors (Lipinski definition) is 5. The molecule has 0 aliphatic rings. The molecule has 6 heteroatoms. The zero-order valence-corrected chi connectivity index (χ0v) is 15.3. The van der Waals surface area contributed by atoms with Crippen molar-refractivity contribution in [3.05, 3.63) is 35.9 Å². The molecule has 0 saturated carbocycles. The largest absolute Gasteiger partial charge is 0.461 e. The third-order valence-electron chi connectivity index (χ3n) is 3.23. The molecule has 0 aliphatic carbocycles. The Morgan fingerprint density at radius 3 is 2.32 bits per heavy atom. The summed E-state index contributed by atoms with van der Waals surface area (Å²) in [6, 6.07) is 8.46. The highest BCUT2D eigenvalue weighted by atomic mass is 16.6. The van der Waals surface area contributed by atoms with Crippen LogP contribution in [0.1, 0.15) is 52.5 Å². The van der Waals surface area contributed by atoms with Crippen molar-refractivity contribution < 1.29 is 23.9 Å². The summed E-state index contributed by atoms with van der Waals surface area (Å²) in [4.78, 5) is 35.7. The maximum Gasteiger partial charge on any atom is 0.329 e. The van der Waals surface area contributed by atoms with Crippen LogP contribution in [0.5, 0.6) is 0 Å². The van der Waals surface area contributed by atoms with Crippen LogP contribution in [0.15, 0.2) is 30.3 Å². The van der Waals surface area contributed by atoms with E-state index in [1.54, 1.807) is 27.7 Å². The Balaban J connectivity index is 2.54. The SMILES string of the molecule is CCC(=O)NC(CCC(=O)OCc1ccccc1)C(=O)OC(C)(C)C. The number of rotatable bonds is 8. The van der Waals surface area contributed by atoms with Crippen molar-refractivity contribution in [3.63, 3.8) is 0 Å². The van der Waals surface area contributed by atoms with Gasteiger partial charge in [-0.15, -0.1) is 0 Å². The van der Waals surface area contributed by atoms with Crippen molar-refractivity contribution >= 4 is 17.8 Å². The standard InChI is InChI=1S/C19H27NO5/c1-5-16(21)20-15(18(23)25-19(2,3)4)11-12-17(22)24-13-14-9-7-6-8-10-14/h6-10,15H,5,11-13H2,1-4H3,(H,20,21). The highest BCUT2D eigenvalue weighted by Crippen LogP contribution is 2.12. The van der Waals surface area contributed by atoms with Gasteiger partial charge in [-0.05, 0) is 32.8 Å². The minimum Gasteiger partial charge on any atom is -0.461 e. The minimum absolute atomic E-state index is 0.0146. The summed E-state index contributed by atoms with van der Waals surface area (Å²) >= 11 is 0. The third-order valence-corrected chi connectivity index (χ3v) is 3.23. The number of benzene rings is 1. The molecule has 0 radical (unpaired) electrons. The lowest BCUT2D eigenvalue weighted by molar-refractivity contribution is -0.159. The van der Waals surface area contributed by atoms with Gasteiger partial charge in [-0.25, -0.2) is 4.79 Å². The van der Waals surface area contributed by atoms with Crippen molar-refractivity contribution in [1.29, 1.82) is 0 Å². The van der Waals surface area contributed by atoms with Crippen LogP contribution in [0.4, 0.5) is 0 Å². The number of nitrogens with one attached hydrogen (secondary N) is 1. The molecule has 1 rings (SSSR count). The average Bonchev–Trinajstić information content (AvgIpc) is 2.55. The van der Waals surface area contributed by atoms with E-state index in [2.05, 4.69) is 5.32 Å². The van der Waals surface area contributed by atoms with Crippen LogP contribution >= 0.6 is 0 Å². The van der Waals surface area contributed by atoms with Crippen LogP contribution in [0.2, 0.25) is 0 Å². The summed E-state index contributed by atoms with van der Waals surface area (Å²) in [5.74, 6) is -1.25. The maximum atomic E-state index is 12.2. The fourth-order valence-corrected chi connectivity index (χ4v) is 1.99. The average molecular weight is 349 g/mol. The van der Waals surface area contributed by atoms with Gasteiger partial charge in [0.15, 0.2) is 0 Å². The molecule has 6 nitrogen and oxygen atoms in total. The van der Waals surface area contributed by atoms with E-state index >= 15 is 0 Å². The summed E-state index contributed by atoms with van der Waals surface area (Å²) in [5.41, 5.74) is 0.221. The summed E-state index contributed by atoms with van der Waals surface area (Å²) in [6.45, 7) is 7.11. The molecule has 25 heavy (non-hydrogen) atoms. The Hall–Kier alpha value is -2.37. The molecule has 138 valence electrons. The van der Waals surface area contributed by atoms with E-state index in [9.17, 15) is 14.4 Å². The topological polar surface area (TPSA) is 81.7 Å². The lowest BCUT2D eigenvalue weighted by Crippen LogP contribution is -2.44. The first-order chi connectivity index (χ1) is 11.7. The number of hydrogen-bond donors (Lipinski definition) is 1. The van der Waals surface area contributed by atoms with Crippen LogP contribution in [-0.2, 0) is 30.5 Å². The molecular weight excluding hydrogens is 322 g/mol. The minimum atomic E-state index is -0.865. The van der Waals surface area contributed by atoms with E-state index in [0.29, 0.717) is 0 Å². The molecule has 1 aromatic rings. The fraction of sp³-hybridized carbons (Fsp3) is 0.526. The van der Waals surface area contributed by atoms with Gasteiger partial charge in [-0.2, -0.15) is 0 Å². The highest BCUT2D eigenvalue weighted by molar-refractivity contribution is 5.85. The second-order valence-corrected chi connectivity index (χ2v) is 6.69. The number of esters is 2. The molecule has 0 fully saturated rings. The van der Waals surface area contributed by atoms with Gasteiger partial charge in [0.1, 0.15) is 18.2 Å². The molecule has 1 atom stereocenters. The molecule has 0 bridgehead atoms. The van der Waals surface area contributed by atoms with Gasteiger partial charge in [-0.1, -0.05) is 37.3 Å². The predicted molar refractivity (Wildman–Crippen MR) is 93.5 cm³/mol. The molecule has 1 N–H and O–H groups in total. The van der Waals surface area contributed by atoms with Crippen molar-refractivity contribution in [1.82, 2.24) is 5.32 Å². The summed E-state index contributed by atoms with van der Waals surface area (Å²) in [5, 5.41) is 2.60. The van der Waals surface area contributed by atoms with E-state index < -0.39 is 23.6 Å². The second-order valence-electron chi connectivity index (χ2n) is 6.69. The Bertz CT molecular complexity index is 577. The van der Waals surface area contributed by atoms with Crippen LogP contribution in [0, 0.1) is 0 Å². The molecular formula is C19H27NO5. The van der Waals surface area contributed by atoms with E-state index in [1.807, 2.05) is 30.3 Å². The lowest BCUT2D eigenvalue weighted by atomic mass is 10.1. The van der Waals surface area contributed by atoms with Crippen molar-refractivity contribution in [3.8, 4) is 0 Å². The smallest absolute Gasteiger partial charge is 0.329 e. The van der Waals surface area contributed by atoms with Crippen LogP contribution < -0.4 is 5.32 Å². The van der Waals surface area contributed by atoms with E-state index in [-0.39, 0.29) is 31.8 Å². The Morgan fingerprint density at radius 2 is 1.76 bits per heavy atom.